The fourth-order valence-electron chi connectivity index (χ4n) is 2.72. The van der Waals surface area contributed by atoms with Crippen LogP contribution in [0.2, 0.25) is 0 Å². The van der Waals surface area contributed by atoms with Crippen molar-refractivity contribution in [2.75, 3.05) is 11.9 Å². The lowest BCUT2D eigenvalue weighted by Crippen LogP contribution is -2.07. The van der Waals surface area contributed by atoms with E-state index in [1.54, 1.807) is 18.7 Å². The molecule has 0 aliphatic rings. The van der Waals surface area contributed by atoms with Gasteiger partial charge in [0.25, 0.3) is 0 Å². The van der Waals surface area contributed by atoms with Crippen LogP contribution in [0.5, 0.6) is 0 Å². The lowest BCUT2D eigenvalue weighted by atomic mass is 10.1. The molecule has 0 fully saturated rings. The molecule has 5 heteroatoms. The zero-order chi connectivity index (χ0) is 15.5. The third-order valence-corrected chi connectivity index (χ3v) is 3.81. The van der Waals surface area contributed by atoms with Crippen molar-refractivity contribution in [1.82, 2.24) is 15.0 Å². The van der Waals surface area contributed by atoms with Crippen LogP contribution in [0, 0.1) is 0 Å². The van der Waals surface area contributed by atoms with Gasteiger partial charge in [0.1, 0.15) is 5.69 Å². The van der Waals surface area contributed by atoms with Gasteiger partial charge in [0.2, 0.25) is 0 Å². The summed E-state index contributed by atoms with van der Waals surface area (Å²) in [6.07, 6.45) is 7.96. The molecule has 4 aromatic rings. The summed E-state index contributed by atoms with van der Waals surface area (Å²) in [5, 5.41) is 4.62. The molecule has 3 heterocycles. The number of furan rings is 1. The van der Waals surface area contributed by atoms with E-state index in [0.717, 1.165) is 24.5 Å². The van der Waals surface area contributed by atoms with Crippen LogP contribution in [0.15, 0.2) is 65.7 Å². The number of rotatable bonds is 5. The monoisotopic (exact) mass is 304 g/mol. The molecule has 3 aromatic heterocycles. The average Bonchev–Trinajstić information content (AvgIpc) is 3.26. The van der Waals surface area contributed by atoms with Crippen LogP contribution in [0.4, 0.5) is 5.82 Å². The largest absolute Gasteiger partial charge is 0.463 e. The molecule has 23 heavy (non-hydrogen) atoms. The molecule has 0 atom stereocenters. The number of fused-ring (bicyclic) bond motifs is 1. The normalized spacial score (nSPS) is 11.0. The number of H-pyrrole nitrogens is 1. The first-order valence-electron chi connectivity index (χ1n) is 7.55. The van der Waals surface area contributed by atoms with E-state index >= 15 is 0 Å². The number of benzene rings is 1. The minimum Gasteiger partial charge on any atom is -0.463 e. The van der Waals surface area contributed by atoms with Crippen LogP contribution < -0.4 is 5.32 Å². The molecule has 0 saturated carbocycles. The van der Waals surface area contributed by atoms with Gasteiger partial charge in [-0.1, -0.05) is 18.2 Å². The Morgan fingerprint density at radius 1 is 1.04 bits per heavy atom. The minimum atomic E-state index is 0.715. The second-order valence-corrected chi connectivity index (χ2v) is 5.27. The molecule has 5 nitrogen and oxygen atoms in total. The molecule has 0 spiro atoms. The summed E-state index contributed by atoms with van der Waals surface area (Å²) in [5.41, 5.74) is 3.19. The maximum absolute atomic E-state index is 5.42. The predicted molar refractivity (Wildman–Crippen MR) is 90.2 cm³/mol. The zero-order valence-electron chi connectivity index (χ0n) is 12.5. The standard InChI is InChI=1S/C18H16N4O/c1-2-5-15-14(4-1)13(12-22-15)7-8-20-18-17(19-9-10-21-18)16-6-3-11-23-16/h1-6,9-12,22H,7-8H2,(H,20,21). The quantitative estimate of drug-likeness (QED) is 0.587. The number of para-hydroxylation sites is 1. The Hall–Kier alpha value is -3.08. The Bertz CT molecular complexity index is 912. The first-order valence-corrected chi connectivity index (χ1v) is 7.55. The van der Waals surface area contributed by atoms with Gasteiger partial charge in [0, 0.05) is 36.0 Å². The molecule has 1 aromatic carbocycles. The smallest absolute Gasteiger partial charge is 0.156 e. The van der Waals surface area contributed by atoms with E-state index in [0.29, 0.717) is 5.76 Å². The zero-order valence-corrected chi connectivity index (χ0v) is 12.5. The predicted octanol–water partition coefficient (Wildman–Crippen LogP) is 3.87. The second-order valence-electron chi connectivity index (χ2n) is 5.27. The van der Waals surface area contributed by atoms with E-state index in [1.807, 2.05) is 18.2 Å². The van der Waals surface area contributed by atoms with Crippen LogP contribution in [-0.2, 0) is 6.42 Å². The molecule has 0 amide bonds. The third-order valence-electron chi connectivity index (χ3n) is 3.81. The Balaban J connectivity index is 1.50. The molecule has 0 aliphatic heterocycles. The summed E-state index contributed by atoms with van der Waals surface area (Å²) in [6.45, 7) is 0.772. The average molecular weight is 304 g/mol. The molecular weight excluding hydrogens is 288 g/mol. The fourth-order valence-corrected chi connectivity index (χ4v) is 2.72. The first kappa shape index (κ1) is 13.6. The highest BCUT2D eigenvalue weighted by molar-refractivity contribution is 5.83. The fraction of sp³-hybridized carbons (Fsp3) is 0.111. The SMILES string of the molecule is c1coc(-c2nccnc2NCCc2c[nH]c3ccccc23)c1. The highest BCUT2D eigenvalue weighted by Crippen LogP contribution is 2.24. The van der Waals surface area contributed by atoms with Crippen molar-refractivity contribution in [2.24, 2.45) is 0 Å². The molecule has 4 rings (SSSR count). The van der Waals surface area contributed by atoms with Gasteiger partial charge in [-0.05, 0) is 30.2 Å². The van der Waals surface area contributed by atoms with Crippen molar-refractivity contribution in [3.05, 3.63) is 66.8 Å². The molecule has 0 unspecified atom stereocenters. The third kappa shape index (κ3) is 2.68. The molecule has 0 radical (unpaired) electrons. The summed E-state index contributed by atoms with van der Waals surface area (Å²) in [4.78, 5) is 12.0. The van der Waals surface area contributed by atoms with Gasteiger partial charge >= 0.3 is 0 Å². The number of aromatic amines is 1. The second kappa shape index (κ2) is 5.96. The number of aromatic nitrogens is 3. The van der Waals surface area contributed by atoms with Crippen molar-refractivity contribution in [3.8, 4) is 11.5 Å². The maximum Gasteiger partial charge on any atom is 0.156 e. The van der Waals surface area contributed by atoms with E-state index in [-0.39, 0.29) is 0 Å². The summed E-state index contributed by atoms with van der Waals surface area (Å²) in [5.74, 6) is 1.45. The lowest BCUT2D eigenvalue weighted by molar-refractivity contribution is 0.580. The topological polar surface area (TPSA) is 66.7 Å². The van der Waals surface area contributed by atoms with Crippen molar-refractivity contribution in [2.45, 2.75) is 6.42 Å². The van der Waals surface area contributed by atoms with E-state index < -0.39 is 0 Å². The van der Waals surface area contributed by atoms with E-state index in [9.17, 15) is 0 Å². The van der Waals surface area contributed by atoms with Gasteiger partial charge in [0.05, 0.1) is 6.26 Å². The van der Waals surface area contributed by atoms with Crippen LogP contribution in [0.25, 0.3) is 22.4 Å². The maximum atomic E-state index is 5.42. The molecule has 0 bridgehead atoms. The molecule has 0 aliphatic carbocycles. The Morgan fingerprint density at radius 2 is 1.96 bits per heavy atom. The van der Waals surface area contributed by atoms with Crippen molar-refractivity contribution >= 4 is 16.7 Å². The number of nitrogens with one attached hydrogen (secondary N) is 2. The number of hydrogen-bond acceptors (Lipinski definition) is 4. The Labute approximate surface area is 133 Å². The first-order chi connectivity index (χ1) is 11.4. The highest BCUT2D eigenvalue weighted by atomic mass is 16.3. The number of nitrogens with zero attached hydrogens (tertiary/aromatic N) is 2. The summed E-state index contributed by atoms with van der Waals surface area (Å²) in [6, 6.07) is 12.1. The van der Waals surface area contributed by atoms with Crippen LogP contribution in [0.3, 0.4) is 0 Å². The minimum absolute atomic E-state index is 0.715. The lowest BCUT2D eigenvalue weighted by Gasteiger charge is -2.08. The number of hydrogen-bond donors (Lipinski definition) is 2. The summed E-state index contributed by atoms with van der Waals surface area (Å²) < 4.78 is 5.42. The van der Waals surface area contributed by atoms with Gasteiger partial charge in [-0.25, -0.2) is 9.97 Å². The van der Waals surface area contributed by atoms with Gasteiger partial charge < -0.3 is 14.7 Å². The summed E-state index contributed by atoms with van der Waals surface area (Å²) in [7, 11) is 0. The van der Waals surface area contributed by atoms with Crippen molar-refractivity contribution in [3.63, 3.8) is 0 Å². The van der Waals surface area contributed by atoms with E-state index in [2.05, 4.69) is 44.7 Å². The van der Waals surface area contributed by atoms with E-state index in [1.165, 1.54) is 16.5 Å². The van der Waals surface area contributed by atoms with Crippen molar-refractivity contribution in [1.29, 1.82) is 0 Å². The number of anilines is 1. The van der Waals surface area contributed by atoms with Gasteiger partial charge in [0.15, 0.2) is 11.6 Å². The van der Waals surface area contributed by atoms with Crippen LogP contribution >= 0.6 is 0 Å². The Kier molecular flexibility index (Phi) is 3.52. The van der Waals surface area contributed by atoms with Crippen LogP contribution in [-0.4, -0.2) is 21.5 Å². The van der Waals surface area contributed by atoms with E-state index in [4.69, 9.17) is 4.42 Å². The van der Waals surface area contributed by atoms with Gasteiger partial charge in [-0.2, -0.15) is 0 Å². The molecule has 2 N–H and O–H groups in total. The van der Waals surface area contributed by atoms with Crippen molar-refractivity contribution < 1.29 is 4.42 Å². The molecular formula is C18H16N4O. The van der Waals surface area contributed by atoms with Crippen LogP contribution in [0.1, 0.15) is 5.56 Å². The van der Waals surface area contributed by atoms with Gasteiger partial charge in [-0.3, -0.25) is 0 Å². The van der Waals surface area contributed by atoms with Gasteiger partial charge in [-0.15, -0.1) is 0 Å². The molecule has 114 valence electrons. The molecule has 0 saturated heterocycles. The highest BCUT2D eigenvalue weighted by Gasteiger charge is 2.10. The Morgan fingerprint density at radius 3 is 2.87 bits per heavy atom. The summed E-state index contributed by atoms with van der Waals surface area (Å²) >= 11 is 0.